The Kier molecular flexibility index (Phi) is 3.03. The van der Waals surface area contributed by atoms with Crippen molar-refractivity contribution in [3.63, 3.8) is 0 Å². The highest BCUT2D eigenvalue weighted by atomic mass is 32.2. The predicted octanol–water partition coefficient (Wildman–Crippen LogP) is 2.45. The second kappa shape index (κ2) is 4.51. The summed E-state index contributed by atoms with van der Waals surface area (Å²) in [4.78, 5) is 0. The van der Waals surface area contributed by atoms with Crippen molar-refractivity contribution < 1.29 is 13.2 Å². The molecule has 1 aliphatic carbocycles. The molecular weight excluding hydrogens is 291 g/mol. The van der Waals surface area contributed by atoms with Gasteiger partial charge in [0.25, 0.3) is 5.82 Å². The van der Waals surface area contributed by atoms with Crippen LogP contribution in [-0.2, 0) is 6.18 Å². The number of aromatic nitrogens is 4. The number of hydrogen-bond acceptors (Lipinski definition) is 5. The van der Waals surface area contributed by atoms with Gasteiger partial charge in [0, 0.05) is 11.3 Å². The van der Waals surface area contributed by atoms with Gasteiger partial charge in [-0.05, 0) is 31.2 Å². The number of alkyl halides is 3. The maximum Gasteiger partial charge on any atom is 0.453 e. The fraction of sp³-hybridized carbons (Fsp3) is 0.545. The van der Waals surface area contributed by atoms with E-state index in [0.29, 0.717) is 12.4 Å². The quantitative estimate of drug-likeness (QED) is 0.940. The first-order valence-corrected chi connectivity index (χ1v) is 7.25. The summed E-state index contributed by atoms with van der Waals surface area (Å²) in [6.45, 7) is 0.691. The molecule has 0 spiro atoms. The summed E-state index contributed by atoms with van der Waals surface area (Å²) >= 11 is 1.77. The Hall–Kier alpha value is -1.51. The van der Waals surface area contributed by atoms with Crippen LogP contribution in [0.25, 0.3) is 5.65 Å². The smallest absolute Gasteiger partial charge is 0.367 e. The van der Waals surface area contributed by atoms with Crippen molar-refractivity contribution in [1.82, 2.24) is 19.8 Å². The third-order valence-corrected chi connectivity index (χ3v) is 4.77. The van der Waals surface area contributed by atoms with Crippen LogP contribution in [0.1, 0.15) is 18.7 Å². The number of rotatable bonds is 4. The van der Waals surface area contributed by atoms with Crippen molar-refractivity contribution >= 4 is 23.2 Å². The van der Waals surface area contributed by atoms with Gasteiger partial charge in [0.15, 0.2) is 5.65 Å². The summed E-state index contributed by atoms with van der Waals surface area (Å²) in [5, 5.41) is 13.6. The first-order chi connectivity index (χ1) is 9.43. The van der Waals surface area contributed by atoms with Crippen LogP contribution in [0.5, 0.6) is 0 Å². The lowest BCUT2D eigenvalue weighted by atomic mass is 10.4. The van der Waals surface area contributed by atoms with E-state index in [1.54, 1.807) is 17.8 Å². The third-order valence-electron chi connectivity index (χ3n) is 3.35. The highest BCUT2D eigenvalue weighted by molar-refractivity contribution is 8.00. The van der Waals surface area contributed by atoms with Gasteiger partial charge in [-0.2, -0.15) is 29.4 Å². The van der Waals surface area contributed by atoms with Crippen LogP contribution in [0.4, 0.5) is 19.0 Å². The van der Waals surface area contributed by atoms with Crippen molar-refractivity contribution in [3.05, 3.63) is 18.0 Å². The summed E-state index contributed by atoms with van der Waals surface area (Å²) in [6.07, 6.45) is -0.303. The topological polar surface area (TPSA) is 55.1 Å². The lowest BCUT2D eigenvalue weighted by molar-refractivity contribution is -0.146. The molecule has 2 aromatic heterocycles. The lowest BCUT2D eigenvalue weighted by Gasteiger charge is -2.13. The number of halogens is 3. The van der Waals surface area contributed by atoms with Crippen LogP contribution < -0.4 is 5.32 Å². The van der Waals surface area contributed by atoms with Crippen molar-refractivity contribution in [1.29, 1.82) is 0 Å². The average Bonchev–Trinajstić information content (AvgIpc) is 3.05. The number of thioether (sulfide) groups is 1. The highest BCUT2D eigenvalue weighted by Gasteiger charge is 2.41. The van der Waals surface area contributed by atoms with Crippen LogP contribution in [0.3, 0.4) is 0 Å². The molecule has 5 nitrogen and oxygen atoms in total. The molecule has 0 aromatic carbocycles. The Bertz CT molecular complexity index is 635. The molecule has 1 N–H and O–H groups in total. The zero-order valence-corrected chi connectivity index (χ0v) is 11.4. The first-order valence-electron chi connectivity index (χ1n) is 6.02. The summed E-state index contributed by atoms with van der Waals surface area (Å²) in [5.74, 6) is -0.717. The van der Waals surface area contributed by atoms with Gasteiger partial charge in [0.05, 0.1) is 0 Å². The lowest BCUT2D eigenvalue weighted by Crippen LogP contribution is -2.19. The van der Waals surface area contributed by atoms with Crippen LogP contribution in [0, 0.1) is 0 Å². The highest BCUT2D eigenvalue weighted by Crippen LogP contribution is 2.46. The molecule has 0 aliphatic heterocycles. The molecule has 2 aromatic rings. The number of hydrogen-bond donors (Lipinski definition) is 1. The minimum atomic E-state index is -4.57. The number of nitrogens with one attached hydrogen (secondary N) is 1. The molecule has 1 fully saturated rings. The maximum absolute atomic E-state index is 12.7. The Labute approximate surface area is 116 Å². The zero-order valence-electron chi connectivity index (χ0n) is 10.6. The van der Waals surface area contributed by atoms with E-state index in [1.165, 1.54) is 6.07 Å². The van der Waals surface area contributed by atoms with Crippen LogP contribution in [0.2, 0.25) is 0 Å². The van der Waals surface area contributed by atoms with Gasteiger partial charge in [-0.25, -0.2) is 0 Å². The monoisotopic (exact) mass is 303 g/mol. The SMILES string of the molecule is CSC1(CNc2ccc3nnc(C(F)(F)F)n3n2)CC1. The van der Waals surface area contributed by atoms with E-state index in [9.17, 15) is 13.2 Å². The summed E-state index contributed by atoms with van der Waals surface area (Å²) in [7, 11) is 0. The molecule has 0 unspecified atom stereocenters. The van der Waals surface area contributed by atoms with Crippen molar-refractivity contribution in [2.24, 2.45) is 0 Å². The van der Waals surface area contributed by atoms with E-state index >= 15 is 0 Å². The molecule has 1 aliphatic rings. The molecule has 0 atom stereocenters. The maximum atomic E-state index is 12.7. The summed E-state index contributed by atoms with van der Waals surface area (Å²) in [5.41, 5.74) is 0.0777. The molecular formula is C11H12F3N5S. The van der Waals surface area contributed by atoms with Gasteiger partial charge in [0.2, 0.25) is 0 Å². The van der Waals surface area contributed by atoms with Gasteiger partial charge in [-0.1, -0.05) is 0 Å². The average molecular weight is 303 g/mol. The van der Waals surface area contributed by atoms with E-state index in [4.69, 9.17) is 0 Å². The van der Waals surface area contributed by atoms with Crippen molar-refractivity contribution in [2.45, 2.75) is 23.8 Å². The Balaban J connectivity index is 1.86. The van der Waals surface area contributed by atoms with Crippen LogP contribution in [-0.4, -0.2) is 37.4 Å². The molecule has 0 amide bonds. The minimum absolute atomic E-state index is 0.0777. The normalized spacial score (nSPS) is 17.4. The molecule has 1 saturated carbocycles. The molecule has 108 valence electrons. The van der Waals surface area contributed by atoms with E-state index < -0.39 is 12.0 Å². The third kappa shape index (κ3) is 2.41. The van der Waals surface area contributed by atoms with E-state index in [-0.39, 0.29) is 10.4 Å². The summed E-state index contributed by atoms with van der Waals surface area (Å²) < 4.78 is 39.1. The van der Waals surface area contributed by atoms with Crippen LogP contribution in [0.15, 0.2) is 12.1 Å². The fourth-order valence-electron chi connectivity index (χ4n) is 1.90. The molecule has 9 heteroatoms. The second-order valence-corrected chi connectivity index (χ2v) is 6.02. The van der Waals surface area contributed by atoms with Crippen molar-refractivity contribution in [3.8, 4) is 0 Å². The predicted molar refractivity (Wildman–Crippen MR) is 69.8 cm³/mol. The van der Waals surface area contributed by atoms with Gasteiger partial charge in [-0.15, -0.1) is 15.3 Å². The van der Waals surface area contributed by atoms with Crippen LogP contribution >= 0.6 is 11.8 Å². The molecule has 0 bridgehead atoms. The minimum Gasteiger partial charge on any atom is -0.367 e. The largest absolute Gasteiger partial charge is 0.453 e. The Morgan fingerprint density at radius 1 is 1.35 bits per heavy atom. The zero-order chi connectivity index (χ0) is 14.4. The van der Waals surface area contributed by atoms with Gasteiger partial charge in [-0.3, -0.25) is 0 Å². The summed E-state index contributed by atoms with van der Waals surface area (Å²) in [6, 6.07) is 3.08. The fourth-order valence-corrected chi connectivity index (χ4v) is 2.63. The van der Waals surface area contributed by atoms with Gasteiger partial charge < -0.3 is 5.32 Å². The molecule has 2 heterocycles. The second-order valence-electron chi connectivity index (χ2n) is 4.75. The van der Waals surface area contributed by atoms with E-state index in [2.05, 4.69) is 20.6 Å². The molecule has 20 heavy (non-hydrogen) atoms. The molecule has 0 saturated heterocycles. The first kappa shape index (κ1) is 13.5. The van der Waals surface area contributed by atoms with E-state index in [1.807, 2.05) is 6.26 Å². The number of anilines is 1. The number of fused-ring (bicyclic) bond motifs is 1. The van der Waals surface area contributed by atoms with Gasteiger partial charge in [0.1, 0.15) is 5.82 Å². The Morgan fingerprint density at radius 2 is 2.10 bits per heavy atom. The van der Waals surface area contributed by atoms with Gasteiger partial charge >= 0.3 is 6.18 Å². The molecule has 0 radical (unpaired) electrons. The molecule has 3 rings (SSSR count). The number of nitrogens with zero attached hydrogens (tertiary/aromatic N) is 4. The standard InChI is InChI=1S/C11H12F3N5S/c1-20-10(4-5-10)6-15-7-2-3-8-16-17-9(11(12,13)14)19(8)18-7/h2-3H,4-6H2,1H3,(H,15,18). The Morgan fingerprint density at radius 3 is 2.70 bits per heavy atom. The van der Waals surface area contributed by atoms with Crippen molar-refractivity contribution in [2.75, 3.05) is 18.1 Å². The van der Waals surface area contributed by atoms with E-state index in [0.717, 1.165) is 17.4 Å².